The standard InChI is InChI=1S/C13H17Cl2NO/c1-9(14)13(2,3)16-12(17)8-10-4-6-11(15)7-5-10/h4-7,9H,8H2,1-3H3,(H,16,17). The van der Waals surface area contributed by atoms with Gasteiger partial charge in [-0.25, -0.2) is 0 Å². The molecule has 0 aliphatic carbocycles. The SMILES string of the molecule is CC(Cl)C(C)(C)NC(=O)Cc1ccc(Cl)cc1. The van der Waals surface area contributed by atoms with Gasteiger partial charge in [0, 0.05) is 5.02 Å². The molecule has 1 atom stereocenters. The maximum absolute atomic E-state index is 11.8. The van der Waals surface area contributed by atoms with Crippen LogP contribution in [0, 0.1) is 0 Å². The number of rotatable bonds is 4. The Bertz CT molecular complexity index is 385. The van der Waals surface area contributed by atoms with E-state index in [4.69, 9.17) is 23.2 Å². The number of hydrogen-bond donors (Lipinski definition) is 1. The van der Waals surface area contributed by atoms with E-state index in [9.17, 15) is 4.79 Å². The first kappa shape index (κ1) is 14.3. The van der Waals surface area contributed by atoms with Crippen LogP contribution in [0.4, 0.5) is 0 Å². The predicted octanol–water partition coefficient (Wildman–Crippen LogP) is 3.40. The molecule has 0 saturated carbocycles. The lowest BCUT2D eigenvalue weighted by Gasteiger charge is -2.29. The van der Waals surface area contributed by atoms with Gasteiger partial charge >= 0.3 is 0 Å². The van der Waals surface area contributed by atoms with Crippen LogP contribution in [0.2, 0.25) is 5.02 Å². The smallest absolute Gasteiger partial charge is 0.224 e. The Hall–Kier alpha value is -0.730. The Balaban J connectivity index is 2.59. The summed E-state index contributed by atoms with van der Waals surface area (Å²) in [5.41, 5.74) is 0.523. The molecule has 4 heteroatoms. The van der Waals surface area contributed by atoms with Gasteiger partial charge in [-0.15, -0.1) is 11.6 Å². The summed E-state index contributed by atoms with van der Waals surface area (Å²) in [6.45, 7) is 5.68. The van der Waals surface area contributed by atoms with Crippen LogP contribution in [0.5, 0.6) is 0 Å². The second kappa shape index (κ2) is 5.74. The fourth-order valence-corrected chi connectivity index (χ4v) is 1.47. The van der Waals surface area contributed by atoms with Crippen molar-refractivity contribution in [2.45, 2.75) is 38.1 Å². The molecule has 0 aliphatic heterocycles. The molecule has 2 nitrogen and oxygen atoms in total. The second-order valence-electron chi connectivity index (χ2n) is 4.69. The first-order chi connectivity index (χ1) is 7.81. The van der Waals surface area contributed by atoms with E-state index in [0.29, 0.717) is 11.4 Å². The van der Waals surface area contributed by atoms with Crippen LogP contribution in [0.1, 0.15) is 26.3 Å². The van der Waals surface area contributed by atoms with E-state index >= 15 is 0 Å². The summed E-state index contributed by atoms with van der Waals surface area (Å²) in [6, 6.07) is 7.25. The number of halogens is 2. The maximum Gasteiger partial charge on any atom is 0.224 e. The third kappa shape index (κ3) is 4.57. The lowest BCUT2D eigenvalue weighted by Crippen LogP contribution is -2.49. The number of amides is 1. The minimum absolute atomic E-state index is 0.0372. The highest BCUT2D eigenvalue weighted by atomic mass is 35.5. The average molecular weight is 274 g/mol. The van der Waals surface area contributed by atoms with Gasteiger partial charge in [0.15, 0.2) is 0 Å². The Kier molecular flexibility index (Phi) is 4.84. The van der Waals surface area contributed by atoms with Crippen molar-refractivity contribution in [3.8, 4) is 0 Å². The van der Waals surface area contributed by atoms with Crippen LogP contribution >= 0.6 is 23.2 Å². The Morgan fingerprint density at radius 3 is 2.35 bits per heavy atom. The molecule has 0 aliphatic rings. The zero-order chi connectivity index (χ0) is 13.1. The number of benzene rings is 1. The van der Waals surface area contributed by atoms with Gasteiger partial charge in [0.1, 0.15) is 0 Å². The van der Waals surface area contributed by atoms with E-state index in [1.54, 1.807) is 12.1 Å². The number of alkyl halides is 1. The van der Waals surface area contributed by atoms with Gasteiger partial charge in [0.2, 0.25) is 5.91 Å². The van der Waals surface area contributed by atoms with Crippen LogP contribution in [0.3, 0.4) is 0 Å². The van der Waals surface area contributed by atoms with Gasteiger partial charge in [-0.1, -0.05) is 23.7 Å². The van der Waals surface area contributed by atoms with E-state index in [-0.39, 0.29) is 11.3 Å². The third-order valence-electron chi connectivity index (χ3n) is 2.73. The first-order valence-electron chi connectivity index (χ1n) is 5.51. The fourth-order valence-electron chi connectivity index (χ4n) is 1.29. The molecule has 1 aromatic rings. The summed E-state index contributed by atoms with van der Waals surface area (Å²) in [6.07, 6.45) is 0.338. The van der Waals surface area contributed by atoms with Gasteiger partial charge in [-0.3, -0.25) is 4.79 Å². The molecule has 1 aromatic carbocycles. The average Bonchev–Trinajstić information content (AvgIpc) is 2.20. The number of carbonyl (C=O) groups excluding carboxylic acids is 1. The highest BCUT2D eigenvalue weighted by Crippen LogP contribution is 2.15. The summed E-state index contributed by atoms with van der Waals surface area (Å²) in [4.78, 5) is 11.8. The summed E-state index contributed by atoms with van der Waals surface area (Å²) in [5.74, 6) is -0.0372. The van der Waals surface area contributed by atoms with Crippen LogP contribution < -0.4 is 5.32 Å². The van der Waals surface area contributed by atoms with Crippen molar-refractivity contribution in [1.29, 1.82) is 0 Å². The van der Waals surface area contributed by atoms with Crippen LogP contribution in [0.25, 0.3) is 0 Å². The zero-order valence-electron chi connectivity index (χ0n) is 10.3. The molecule has 1 amide bonds. The number of hydrogen-bond acceptors (Lipinski definition) is 1. The van der Waals surface area contributed by atoms with E-state index in [1.165, 1.54) is 0 Å². The maximum atomic E-state index is 11.8. The second-order valence-corrected chi connectivity index (χ2v) is 5.78. The Morgan fingerprint density at radius 1 is 1.35 bits per heavy atom. The molecule has 94 valence electrons. The lowest BCUT2D eigenvalue weighted by atomic mass is 10.0. The molecule has 1 unspecified atom stereocenters. The number of nitrogens with one attached hydrogen (secondary N) is 1. The van der Waals surface area contributed by atoms with Gasteiger partial charge in [-0.2, -0.15) is 0 Å². The molecule has 0 aromatic heterocycles. The molecule has 0 heterocycles. The monoisotopic (exact) mass is 273 g/mol. The molecular weight excluding hydrogens is 257 g/mol. The van der Waals surface area contributed by atoms with E-state index in [1.807, 2.05) is 32.9 Å². The molecular formula is C13H17Cl2NO. The first-order valence-corrected chi connectivity index (χ1v) is 6.32. The highest BCUT2D eigenvalue weighted by molar-refractivity contribution is 6.30. The summed E-state index contributed by atoms with van der Waals surface area (Å²) in [5, 5.41) is 3.46. The molecule has 17 heavy (non-hydrogen) atoms. The molecule has 0 spiro atoms. The quantitative estimate of drug-likeness (QED) is 0.838. The minimum atomic E-state index is -0.412. The highest BCUT2D eigenvalue weighted by Gasteiger charge is 2.25. The topological polar surface area (TPSA) is 29.1 Å². The van der Waals surface area contributed by atoms with Crippen molar-refractivity contribution >= 4 is 29.1 Å². The Labute approximate surface area is 112 Å². The number of carbonyl (C=O) groups is 1. The van der Waals surface area contributed by atoms with Crippen LogP contribution in [-0.4, -0.2) is 16.8 Å². The van der Waals surface area contributed by atoms with Crippen molar-refractivity contribution in [3.63, 3.8) is 0 Å². The summed E-state index contributed by atoms with van der Waals surface area (Å²) >= 11 is 11.8. The van der Waals surface area contributed by atoms with Crippen molar-refractivity contribution in [3.05, 3.63) is 34.9 Å². The normalized spacial score (nSPS) is 13.2. The van der Waals surface area contributed by atoms with E-state index in [2.05, 4.69) is 5.32 Å². The van der Waals surface area contributed by atoms with E-state index < -0.39 is 5.54 Å². The predicted molar refractivity (Wildman–Crippen MR) is 72.7 cm³/mol. The fraction of sp³-hybridized carbons (Fsp3) is 0.462. The van der Waals surface area contributed by atoms with Crippen molar-refractivity contribution in [2.75, 3.05) is 0 Å². The van der Waals surface area contributed by atoms with Gasteiger partial charge in [0.05, 0.1) is 17.3 Å². The summed E-state index contributed by atoms with van der Waals surface area (Å²) in [7, 11) is 0. The van der Waals surface area contributed by atoms with Gasteiger partial charge in [0.25, 0.3) is 0 Å². The molecule has 0 radical (unpaired) electrons. The molecule has 1 N–H and O–H groups in total. The Morgan fingerprint density at radius 2 is 1.88 bits per heavy atom. The van der Waals surface area contributed by atoms with E-state index in [0.717, 1.165) is 5.56 Å². The zero-order valence-corrected chi connectivity index (χ0v) is 11.8. The molecule has 0 bridgehead atoms. The van der Waals surface area contributed by atoms with Crippen LogP contribution in [0.15, 0.2) is 24.3 Å². The van der Waals surface area contributed by atoms with Gasteiger partial charge in [-0.05, 0) is 38.5 Å². The van der Waals surface area contributed by atoms with Crippen molar-refractivity contribution in [2.24, 2.45) is 0 Å². The van der Waals surface area contributed by atoms with Crippen LogP contribution in [-0.2, 0) is 11.2 Å². The minimum Gasteiger partial charge on any atom is -0.349 e. The van der Waals surface area contributed by atoms with Crippen molar-refractivity contribution in [1.82, 2.24) is 5.32 Å². The lowest BCUT2D eigenvalue weighted by molar-refractivity contribution is -0.122. The van der Waals surface area contributed by atoms with Gasteiger partial charge < -0.3 is 5.32 Å². The largest absolute Gasteiger partial charge is 0.349 e. The third-order valence-corrected chi connectivity index (χ3v) is 3.53. The molecule has 0 saturated heterocycles. The summed E-state index contributed by atoms with van der Waals surface area (Å²) < 4.78 is 0. The molecule has 0 fully saturated rings. The molecule has 1 rings (SSSR count). The van der Waals surface area contributed by atoms with Crippen molar-refractivity contribution < 1.29 is 4.79 Å².